The molecule has 10 heteroatoms. The molecular weight excluding hydrogens is 442 g/mol. The number of piperidine rings is 1. The number of amides is 4. The summed E-state index contributed by atoms with van der Waals surface area (Å²) >= 11 is 0. The Morgan fingerprint density at radius 2 is 1.88 bits per heavy atom. The van der Waals surface area contributed by atoms with Gasteiger partial charge in [-0.2, -0.15) is 0 Å². The van der Waals surface area contributed by atoms with E-state index in [0.717, 1.165) is 4.90 Å². The van der Waals surface area contributed by atoms with Gasteiger partial charge in [0.1, 0.15) is 11.6 Å². The van der Waals surface area contributed by atoms with E-state index in [-0.39, 0.29) is 42.0 Å². The van der Waals surface area contributed by atoms with Crippen molar-refractivity contribution in [2.75, 3.05) is 18.5 Å². The van der Waals surface area contributed by atoms with Crippen LogP contribution in [0.3, 0.4) is 0 Å². The standard InChI is InChI=1S/C24H29N3O7/c1-24(2,3)34-23(32)13-11-14(12-13)33-10-9-25-16-6-4-5-15-19(16)22(31)27(21(15)30)17-7-8-18(28)26-20(17)29/h4-6,13-14,17,25H,7-12H2,1-3H3,(H,26,28,29)/t13-,14+,17?. The van der Waals surface area contributed by atoms with E-state index < -0.39 is 35.3 Å². The summed E-state index contributed by atoms with van der Waals surface area (Å²) in [5.41, 5.74) is 0.412. The molecule has 1 aromatic carbocycles. The molecule has 2 heterocycles. The number of nitrogens with zero attached hydrogens (tertiary/aromatic N) is 1. The molecule has 182 valence electrons. The van der Waals surface area contributed by atoms with Crippen LogP contribution in [0.1, 0.15) is 67.2 Å². The van der Waals surface area contributed by atoms with Crippen LogP contribution in [0.5, 0.6) is 0 Å². The van der Waals surface area contributed by atoms with Crippen molar-refractivity contribution < 1.29 is 33.4 Å². The van der Waals surface area contributed by atoms with Gasteiger partial charge >= 0.3 is 5.97 Å². The largest absolute Gasteiger partial charge is 0.460 e. The van der Waals surface area contributed by atoms with Gasteiger partial charge in [0.05, 0.1) is 29.8 Å². The molecule has 1 saturated carbocycles. The number of carbonyl (C=O) groups is 5. The number of carbonyl (C=O) groups excluding carboxylic acids is 5. The first-order valence-corrected chi connectivity index (χ1v) is 11.5. The van der Waals surface area contributed by atoms with E-state index in [0.29, 0.717) is 31.7 Å². The average Bonchev–Trinajstić information content (AvgIpc) is 2.96. The van der Waals surface area contributed by atoms with Gasteiger partial charge in [-0.05, 0) is 52.2 Å². The smallest absolute Gasteiger partial charge is 0.309 e. The van der Waals surface area contributed by atoms with E-state index in [1.165, 1.54) is 0 Å². The Bertz CT molecular complexity index is 1040. The number of imide groups is 2. The van der Waals surface area contributed by atoms with Crippen molar-refractivity contribution in [3.63, 3.8) is 0 Å². The van der Waals surface area contributed by atoms with E-state index >= 15 is 0 Å². The fourth-order valence-electron chi connectivity index (χ4n) is 4.35. The molecule has 0 spiro atoms. The van der Waals surface area contributed by atoms with E-state index in [2.05, 4.69) is 10.6 Å². The number of nitrogens with one attached hydrogen (secondary N) is 2. The third kappa shape index (κ3) is 4.82. The Kier molecular flexibility index (Phi) is 6.44. The zero-order valence-electron chi connectivity index (χ0n) is 19.5. The lowest BCUT2D eigenvalue weighted by Gasteiger charge is -2.35. The van der Waals surface area contributed by atoms with Crippen molar-refractivity contribution in [1.82, 2.24) is 10.2 Å². The van der Waals surface area contributed by atoms with Crippen molar-refractivity contribution in [1.29, 1.82) is 0 Å². The van der Waals surface area contributed by atoms with E-state index in [9.17, 15) is 24.0 Å². The van der Waals surface area contributed by atoms with Gasteiger partial charge in [-0.25, -0.2) is 0 Å². The average molecular weight is 472 g/mol. The first-order chi connectivity index (χ1) is 16.0. The number of esters is 1. The van der Waals surface area contributed by atoms with Crippen molar-refractivity contribution in [2.45, 2.75) is 64.2 Å². The number of rotatable bonds is 7. The zero-order chi connectivity index (χ0) is 24.6. The highest BCUT2D eigenvalue weighted by molar-refractivity contribution is 6.25. The number of anilines is 1. The monoisotopic (exact) mass is 471 g/mol. The van der Waals surface area contributed by atoms with Crippen molar-refractivity contribution in [2.24, 2.45) is 5.92 Å². The molecule has 2 N–H and O–H groups in total. The highest BCUT2D eigenvalue weighted by Crippen LogP contribution is 2.33. The minimum absolute atomic E-state index is 0.0213. The molecule has 4 rings (SSSR count). The summed E-state index contributed by atoms with van der Waals surface area (Å²) in [6.07, 6.45) is 1.39. The van der Waals surface area contributed by atoms with E-state index in [1.54, 1.807) is 18.2 Å². The molecule has 2 fully saturated rings. The molecule has 0 radical (unpaired) electrons. The maximum Gasteiger partial charge on any atom is 0.309 e. The molecule has 10 nitrogen and oxygen atoms in total. The topological polar surface area (TPSA) is 131 Å². The highest BCUT2D eigenvalue weighted by Gasteiger charge is 2.45. The van der Waals surface area contributed by atoms with Crippen LogP contribution < -0.4 is 10.6 Å². The molecule has 0 aromatic heterocycles. The minimum Gasteiger partial charge on any atom is -0.460 e. The van der Waals surface area contributed by atoms with Gasteiger partial charge in [-0.15, -0.1) is 0 Å². The molecule has 1 saturated heterocycles. The number of ether oxygens (including phenoxy) is 2. The third-order valence-electron chi connectivity index (χ3n) is 6.07. The van der Waals surface area contributed by atoms with Gasteiger partial charge in [0.15, 0.2) is 0 Å². The van der Waals surface area contributed by atoms with Crippen LogP contribution in [0.2, 0.25) is 0 Å². The fraction of sp³-hybridized carbons (Fsp3) is 0.542. The SMILES string of the molecule is CC(C)(C)OC(=O)[C@H]1C[C@@H](OCCNc2cccc3c2C(=O)N(C2CCC(=O)NC2=O)C3=O)C1. The lowest BCUT2D eigenvalue weighted by molar-refractivity contribution is -0.169. The molecule has 1 aromatic rings. The van der Waals surface area contributed by atoms with Crippen molar-refractivity contribution in [3.8, 4) is 0 Å². The van der Waals surface area contributed by atoms with Crippen LogP contribution in [0, 0.1) is 5.92 Å². The van der Waals surface area contributed by atoms with Gasteiger partial charge in [-0.3, -0.25) is 34.2 Å². The summed E-state index contributed by atoms with van der Waals surface area (Å²) in [4.78, 5) is 62.6. The van der Waals surface area contributed by atoms with Crippen LogP contribution in [-0.2, 0) is 23.9 Å². The van der Waals surface area contributed by atoms with Gasteiger partial charge in [0.25, 0.3) is 11.8 Å². The number of hydrogen-bond acceptors (Lipinski definition) is 8. The number of fused-ring (bicyclic) bond motifs is 1. The van der Waals surface area contributed by atoms with Crippen molar-refractivity contribution >= 4 is 35.3 Å². The minimum atomic E-state index is -1.00. The predicted octanol–water partition coefficient (Wildman–Crippen LogP) is 1.64. The predicted molar refractivity (Wildman–Crippen MR) is 120 cm³/mol. The summed E-state index contributed by atoms with van der Waals surface area (Å²) in [5.74, 6) is -2.50. The second-order valence-electron chi connectivity index (χ2n) is 9.80. The lowest BCUT2D eigenvalue weighted by atomic mass is 9.82. The van der Waals surface area contributed by atoms with Crippen LogP contribution in [0.15, 0.2) is 18.2 Å². The van der Waals surface area contributed by atoms with Crippen LogP contribution in [0.4, 0.5) is 5.69 Å². The van der Waals surface area contributed by atoms with Crippen LogP contribution in [-0.4, -0.2) is 65.4 Å². The summed E-state index contributed by atoms with van der Waals surface area (Å²) in [7, 11) is 0. The molecule has 0 bridgehead atoms. The Balaban J connectivity index is 1.30. The Morgan fingerprint density at radius 3 is 2.56 bits per heavy atom. The molecule has 1 atom stereocenters. The Labute approximate surface area is 197 Å². The summed E-state index contributed by atoms with van der Waals surface area (Å²) in [5, 5.41) is 5.32. The molecule has 1 aliphatic carbocycles. The molecule has 4 amide bonds. The quantitative estimate of drug-likeness (QED) is 0.349. The van der Waals surface area contributed by atoms with E-state index in [4.69, 9.17) is 9.47 Å². The van der Waals surface area contributed by atoms with Gasteiger partial charge in [-0.1, -0.05) is 6.07 Å². The summed E-state index contributed by atoms with van der Waals surface area (Å²) in [6.45, 7) is 6.27. The highest BCUT2D eigenvalue weighted by atomic mass is 16.6. The molecule has 34 heavy (non-hydrogen) atoms. The number of benzene rings is 1. The number of hydrogen-bond donors (Lipinski definition) is 2. The Morgan fingerprint density at radius 1 is 1.15 bits per heavy atom. The second-order valence-corrected chi connectivity index (χ2v) is 9.80. The zero-order valence-corrected chi connectivity index (χ0v) is 19.5. The third-order valence-corrected chi connectivity index (χ3v) is 6.07. The molecule has 1 unspecified atom stereocenters. The second kappa shape index (κ2) is 9.17. The lowest BCUT2D eigenvalue weighted by Crippen LogP contribution is -2.54. The maximum absolute atomic E-state index is 13.1. The molecule has 2 aliphatic heterocycles. The van der Waals surface area contributed by atoms with Gasteiger partial charge < -0.3 is 14.8 Å². The summed E-state index contributed by atoms with van der Waals surface area (Å²) < 4.78 is 11.2. The van der Waals surface area contributed by atoms with Crippen LogP contribution >= 0.6 is 0 Å². The first-order valence-electron chi connectivity index (χ1n) is 11.5. The van der Waals surface area contributed by atoms with Crippen LogP contribution in [0.25, 0.3) is 0 Å². The fourth-order valence-corrected chi connectivity index (χ4v) is 4.35. The molecule has 3 aliphatic rings. The van der Waals surface area contributed by atoms with Crippen molar-refractivity contribution in [3.05, 3.63) is 29.3 Å². The van der Waals surface area contributed by atoms with E-state index in [1.807, 2.05) is 20.8 Å². The molecular formula is C24H29N3O7. The maximum atomic E-state index is 13.1. The normalized spacial score (nSPS) is 24.4. The van der Waals surface area contributed by atoms with Gasteiger partial charge in [0.2, 0.25) is 11.8 Å². The van der Waals surface area contributed by atoms with Gasteiger partial charge in [0, 0.05) is 18.7 Å². The summed E-state index contributed by atoms with van der Waals surface area (Å²) in [6, 6.07) is 3.91. The Hall–Kier alpha value is -3.27. The first kappa shape index (κ1) is 23.9.